The number of carbonyl (C=O) groups is 3. The summed E-state index contributed by atoms with van der Waals surface area (Å²) in [4.78, 5) is 36.8. The largest absolute Gasteiger partial charge is 0.321 e. The quantitative estimate of drug-likeness (QED) is 0.864. The fourth-order valence-electron chi connectivity index (χ4n) is 2.53. The Balaban J connectivity index is 1.69. The van der Waals surface area contributed by atoms with E-state index in [1.165, 1.54) is 12.1 Å². The molecule has 1 aliphatic heterocycles. The summed E-state index contributed by atoms with van der Waals surface area (Å²) >= 11 is 0. The number of rotatable bonds is 4. The predicted molar refractivity (Wildman–Crippen MR) is 81.4 cm³/mol. The van der Waals surface area contributed by atoms with Crippen molar-refractivity contribution in [2.45, 2.75) is 6.42 Å². The minimum absolute atomic E-state index is 0.0782. The van der Waals surface area contributed by atoms with Gasteiger partial charge in [0, 0.05) is 13.0 Å². The van der Waals surface area contributed by atoms with Crippen molar-refractivity contribution in [2.24, 2.45) is 0 Å². The van der Waals surface area contributed by atoms with E-state index in [-0.39, 0.29) is 24.1 Å². The molecule has 1 N–H and O–H groups in total. The smallest absolute Gasteiger partial charge is 0.264 e. The van der Waals surface area contributed by atoms with Crippen molar-refractivity contribution < 1.29 is 27.6 Å². The zero-order valence-electron chi connectivity index (χ0n) is 12.7. The van der Waals surface area contributed by atoms with E-state index >= 15 is 0 Å². The van der Waals surface area contributed by atoms with E-state index in [1.54, 1.807) is 0 Å². The van der Waals surface area contributed by atoms with Crippen LogP contribution in [-0.4, -0.2) is 29.2 Å². The lowest BCUT2D eigenvalue weighted by Crippen LogP contribution is -2.33. The first-order valence-electron chi connectivity index (χ1n) is 7.28. The Morgan fingerprint density at radius 2 is 1.52 bits per heavy atom. The molecule has 0 unspecified atom stereocenters. The van der Waals surface area contributed by atoms with Crippen LogP contribution < -0.4 is 5.32 Å². The van der Waals surface area contributed by atoms with Crippen LogP contribution in [0.3, 0.4) is 0 Å². The highest BCUT2D eigenvalue weighted by atomic mass is 19.1. The number of carbonyl (C=O) groups excluding carboxylic acids is 3. The van der Waals surface area contributed by atoms with Gasteiger partial charge in [0.2, 0.25) is 5.91 Å². The SMILES string of the molecule is O=C(CCN1C(=O)c2cccc(F)c2C1=O)Nc1c(F)cccc1F. The number of benzene rings is 2. The van der Waals surface area contributed by atoms with Gasteiger partial charge in [0.1, 0.15) is 23.1 Å². The second kappa shape index (κ2) is 6.39. The maximum Gasteiger partial charge on any atom is 0.264 e. The highest BCUT2D eigenvalue weighted by molar-refractivity contribution is 6.21. The number of anilines is 1. The summed E-state index contributed by atoms with van der Waals surface area (Å²) in [7, 11) is 0. The van der Waals surface area contributed by atoms with Crippen molar-refractivity contribution in [1.29, 1.82) is 0 Å². The fourth-order valence-corrected chi connectivity index (χ4v) is 2.53. The zero-order chi connectivity index (χ0) is 18.1. The molecule has 8 heteroatoms. The Bertz CT molecular complexity index is 878. The molecule has 0 bridgehead atoms. The van der Waals surface area contributed by atoms with Crippen molar-refractivity contribution in [3.8, 4) is 0 Å². The van der Waals surface area contributed by atoms with Gasteiger partial charge in [-0.2, -0.15) is 0 Å². The molecule has 3 rings (SSSR count). The molecule has 0 spiro atoms. The number of imide groups is 1. The van der Waals surface area contributed by atoms with Crippen LogP contribution in [0.25, 0.3) is 0 Å². The van der Waals surface area contributed by atoms with Gasteiger partial charge < -0.3 is 5.32 Å². The third kappa shape index (κ3) is 2.98. The number of hydrogen-bond acceptors (Lipinski definition) is 3. The van der Waals surface area contributed by atoms with Crippen LogP contribution in [0.5, 0.6) is 0 Å². The second-order valence-corrected chi connectivity index (χ2v) is 5.32. The molecule has 0 fully saturated rings. The molecular formula is C17H11F3N2O3. The number of para-hydroxylation sites is 1. The van der Waals surface area contributed by atoms with E-state index in [0.29, 0.717) is 0 Å². The van der Waals surface area contributed by atoms with E-state index in [1.807, 2.05) is 0 Å². The van der Waals surface area contributed by atoms with Crippen LogP contribution in [0.15, 0.2) is 36.4 Å². The lowest BCUT2D eigenvalue weighted by Gasteiger charge is -2.14. The summed E-state index contributed by atoms with van der Waals surface area (Å²) in [6.45, 7) is -0.340. The Kier molecular flexibility index (Phi) is 4.26. The van der Waals surface area contributed by atoms with Crippen molar-refractivity contribution in [3.05, 3.63) is 65.0 Å². The molecule has 2 aromatic carbocycles. The lowest BCUT2D eigenvalue weighted by atomic mass is 10.1. The average Bonchev–Trinajstić information content (AvgIpc) is 2.81. The van der Waals surface area contributed by atoms with Gasteiger partial charge in [-0.3, -0.25) is 19.3 Å². The summed E-state index contributed by atoms with van der Waals surface area (Å²) in [5.74, 6) is -5.07. The third-order valence-electron chi connectivity index (χ3n) is 3.74. The van der Waals surface area contributed by atoms with E-state index in [0.717, 1.165) is 29.2 Å². The van der Waals surface area contributed by atoms with Crippen LogP contribution in [-0.2, 0) is 4.79 Å². The molecule has 0 saturated carbocycles. The Morgan fingerprint density at radius 1 is 0.920 bits per heavy atom. The number of nitrogens with zero attached hydrogens (tertiary/aromatic N) is 1. The summed E-state index contributed by atoms with van der Waals surface area (Å²) in [5, 5.41) is 2.05. The molecule has 0 radical (unpaired) electrons. The summed E-state index contributed by atoms with van der Waals surface area (Å²) in [5.41, 5.74) is -1.03. The molecule has 2 aromatic rings. The molecule has 0 saturated heterocycles. The first-order chi connectivity index (χ1) is 11.9. The first-order valence-corrected chi connectivity index (χ1v) is 7.28. The zero-order valence-corrected chi connectivity index (χ0v) is 12.7. The summed E-state index contributed by atoms with van der Waals surface area (Å²) in [6, 6.07) is 6.77. The summed E-state index contributed by atoms with van der Waals surface area (Å²) in [6.07, 6.45) is -0.388. The Morgan fingerprint density at radius 3 is 2.16 bits per heavy atom. The first kappa shape index (κ1) is 16.7. The number of halogens is 3. The topological polar surface area (TPSA) is 66.5 Å². The minimum Gasteiger partial charge on any atom is -0.321 e. The molecule has 25 heavy (non-hydrogen) atoms. The van der Waals surface area contributed by atoms with E-state index in [4.69, 9.17) is 0 Å². The molecule has 0 aromatic heterocycles. The maximum atomic E-state index is 13.7. The van der Waals surface area contributed by atoms with Gasteiger partial charge >= 0.3 is 0 Å². The molecule has 5 nitrogen and oxygen atoms in total. The number of nitrogens with one attached hydrogen (secondary N) is 1. The van der Waals surface area contributed by atoms with Crippen LogP contribution in [0.2, 0.25) is 0 Å². The second-order valence-electron chi connectivity index (χ2n) is 5.32. The van der Waals surface area contributed by atoms with E-state index < -0.39 is 40.9 Å². The van der Waals surface area contributed by atoms with Gasteiger partial charge in [0.25, 0.3) is 11.8 Å². The highest BCUT2D eigenvalue weighted by Gasteiger charge is 2.37. The molecule has 1 aliphatic rings. The standard InChI is InChI=1S/C17H11F3N2O3/c18-10-4-1-3-9-14(10)17(25)22(16(9)24)8-7-13(23)21-15-11(19)5-2-6-12(15)20/h1-6H,7-8H2,(H,21,23). The van der Waals surface area contributed by atoms with Gasteiger partial charge in [-0.25, -0.2) is 13.2 Å². The van der Waals surface area contributed by atoms with Crippen LogP contribution in [0.4, 0.5) is 18.9 Å². The van der Waals surface area contributed by atoms with Gasteiger partial charge in [0.15, 0.2) is 0 Å². The number of hydrogen-bond donors (Lipinski definition) is 1. The predicted octanol–water partition coefficient (Wildman–Crippen LogP) is 2.73. The van der Waals surface area contributed by atoms with Gasteiger partial charge in [-0.15, -0.1) is 0 Å². The minimum atomic E-state index is -0.948. The molecular weight excluding hydrogens is 337 g/mol. The third-order valence-corrected chi connectivity index (χ3v) is 3.74. The molecule has 1 heterocycles. The Labute approximate surface area is 140 Å². The molecule has 0 atom stereocenters. The van der Waals surface area contributed by atoms with Gasteiger partial charge in [-0.05, 0) is 24.3 Å². The molecule has 3 amide bonds. The number of fused-ring (bicyclic) bond motifs is 1. The van der Waals surface area contributed by atoms with Crippen molar-refractivity contribution >= 4 is 23.4 Å². The van der Waals surface area contributed by atoms with Crippen molar-refractivity contribution in [2.75, 3.05) is 11.9 Å². The summed E-state index contributed by atoms with van der Waals surface area (Å²) < 4.78 is 40.7. The normalized spacial score (nSPS) is 13.2. The van der Waals surface area contributed by atoms with Gasteiger partial charge in [-0.1, -0.05) is 12.1 Å². The van der Waals surface area contributed by atoms with E-state index in [2.05, 4.69) is 5.32 Å². The monoisotopic (exact) mass is 348 g/mol. The molecule has 0 aliphatic carbocycles. The lowest BCUT2D eigenvalue weighted by molar-refractivity contribution is -0.116. The fraction of sp³-hybridized carbons (Fsp3) is 0.118. The van der Waals surface area contributed by atoms with Crippen molar-refractivity contribution in [1.82, 2.24) is 4.90 Å². The van der Waals surface area contributed by atoms with Gasteiger partial charge in [0.05, 0.1) is 11.1 Å². The van der Waals surface area contributed by atoms with Crippen LogP contribution in [0, 0.1) is 17.5 Å². The van der Waals surface area contributed by atoms with Crippen molar-refractivity contribution in [3.63, 3.8) is 0 Å². The highest BCUT2D eigenvalue weighted by Crippen LogP contribution is 2.25. The van der Waals surface area contributed by atoms with E-state index in [9.17, 15) is 27.6 Å². The Hall–Kier alpha value is -3.16. The maximum absolute atomic E-state index is 13.7. The number of amides is 3. The van der Waals surface area contributed by atoms with Crippen LogP contribution >= 0.6 is 0 Å². The van der Waals surface area contributed by atoms with Crippen LogP contribution in [0.1, 0.15) is 27.1 Å². The average molecular weight is 348 g/mol. The molecule has 128 valence electrons.